The maximum Gasteiger partial charge on any atom is 0.212 e. The number of carbonyl (C=O) groups excluding carboxylic acids is 1. The molecule has 0 saturated heterocycles. The molecule has 18 heavy (non-hydrogen) atoms. The molecule has 0 aliphatic heterocycles. The van der Waals surface area contributed by atoms with Crippen molar-refractivity contribution in [1.29, 1.82) is 0 Å². The van der Waals surface area contributed by atoms with Gasteiger partial charge in [-0.15, -0.1) is 11.3 Å². The number of hydrogen-bond donors (Lipinski definition) is 0. The lowest BCUT2D eigenvalue weighted by molar-refractivity contribution is 0.0822. The van der Waals surface area contributed by atoms with Crippen LogP contribution in [0.3, 0.4) is 0 Å². The molecule has 1 atom stereocenters. The molecule has 0 saturated carbocycles. The topological polar surface area (TPSA) is 26.3 Å². The molecule has 1 aromatic heterocycles. The van der Waals surface area contributed by atoms with Crippen LogP contribution < -0.4 is 4.74 Å². The minimum absolute atomic E-state index is 0.170. The third-order valence-electron chi connectivity index (χ3n) is 2.29. The van der Waals surface area contributed by atoms with E-state index >= 15 is 0 Å². The van der Waals surface area contributed by atoms with Gasteiger partial charge in [-0.3, -0.25) is 4.79 Å². The predicted octanol–water partition coefficient (Wildman–Crippen LogP) is 4.19. The molecule has 0 aliphatic rings. The lowest BCUT2D eigenvalue weighted by Crippen LogP contribution is -2.23. The Morgan fingerprint density at radius 3 is 2.78 bits per heavy atom. The van der Waals surface area contributed by atoms with Crippen molar-refractivity contribution in [1.82, 2.24) is 0 Å². The molecule has 0 N–H and O–H groups in total. The highest BCUT2D eigenvalue weighted by molar-refractivity contribution is 7.18. The average Bonchev–Trinajstić information content (AvgIpc) is 2.75. The maximum absolute atomic E-state index is 13.0. The van der Waals surface area contributed by atoms with Gasteiger partial charge in [0.25, 0.3) is 0 Å². The molecule has 0 radical (unpaired) electrons. The Morgan fingerprint density at radius 1 is 1.39 bits per heavy atom. The highest BCUT2D eigenvalue weighted by Crippen LogP contribution is 2.24. The zero-order valence-corrected chi connectivity index (χ0v) is 11.1. The number of benzene rings is 1. The van der Waals surface area contributed by atoms with E-state index in [1.165, 1.54) is 29.5 Å². The summed E-state index contributed by atoms with van der Waals surface area (Å²) in [7, 11) is 0. The molecule has 0 amide bonds. The van der Waals surface area contributed by atoms with Gasteiger partial charge in [0.15, 0.2) is 6.10 Å². The van der Waals surface area contributed by atoms with Gasteiger partial charge in [0.05, 0.1) is 9.21 Å². The molecule has 2 aromatic rings. The fourth-order valence-electron chi connectivity index (χ4n) is 1.45. The van der Waals surface area contributed by atoms with Crippen LogP contribution in [-0.2, 0) is 0 Å². The van der Waals surface area contributed by atoms with Crippen LogP contribution in [0.25, 0.3) is 0 Å². The van der Waals surface area contributed by atoms with Crippen molar-refractivity contribution < 1.29 is 13.9 Å². The Labute approximate surface area is 113 Å². The van der Waals surface area contributed by atoms with Crippen LogP contribution in [0.5, 0.6) is 5.75 Å². The van der Waals surface area contributed by atoms with E-state index in [1.807, 2.05) is 0 Å². The van der Waals surface area contributed by atoms with Crippen molar-refractivity contribution >= 4 is 28.7 Å². The summed E-state index contributed by atoms with van der Waals surface area (Å²) in [5, 5.41) is 0. The molecule has 0 fully saturated rings. The Hall–Kier alpha value is -1.39. The van der Waals surface area contributed by atoms with Crippen molar-refractivity contribution in [2.75, 3.05) is 0 Å². The molecule has 2 rings (SSSR count). The van der Waals surface area contributed by atoms with Crippen molar-refractivity contribution in [3.05, 3.63) is 51.4 Å². The summed E-state index contributed by atoms with van der Waals surface area (Å²) in [6.45, 7) is 1.63. The normalized spacial score (nSPS) is 12.2. The quantitative estimate of drug-likeness (QED) is 0.787. The Kier molecular flexibility index (Phi) is 3.99. The summed E-state index contributed by atoms with van der Waals surface area (Å²) in [4.78, 5) is 12.5. The molecule has 94 valence electrons. The van der Waals surface area contributed by atoms with Gasteiger partial charge in [0.2, 0.25) is 5.78 Å². The lowest BCUT2D eigenvalue weighted by Gasteiger charge is -2.12. The number of ketones is 1. The fraction of sp³-hybridized carbons (Fsp3) is 0.154. The smallest absolute Gasteiger partial charge is 0.212 e. The van der Waals surface area contributed by atoms with Gasteiger partial charge in [0, 0.05) is 6.07 Å². The molecule has 0 bridgehead atoms. The molecular weight excluding hydrogens is 275 g/mol. The van der Waals surface area contributed by atoms with Crippen molar-refractivity contribution in [2.45, 2.75) is 13.0 Å². The number of halogens is 2. The summed E-state index contributed by atoms with van der Waals surface area (Å²) < 4.78 is 18.9. The summed E-state index contributed by atoms with van der Waals surface area (Å²) in [5.41, 5.74) is 0. The number of hydrogen-bond acceptors (Lipinski definition) is 3. The molecule has 0 spiro atoms. The lowest BCUT2D eigenvalue weighted by atomic mass is 10.2. The monoisotopic (exact) mass is 284 g/mol. The number of ether oxygens (including phenoxy) is 1. The van der Waals surface area contributed by atoms with Crippen LogP contribution in [-0.4, -0.2) is 11.9 Å². The largest absolute Gasteiger partial charge is 0.482 e. The summed E-state index contributed by atoms with van der Waals surface area (Å²) in [6, 6.07) is 9.01. The highest BCUT2D eigenvalue weighted by atomic mass is 35.5. The second-order valence-corrected chi connectivity index (χ2v) is 5.40. The van der Waals surface area contributed by atoms with Gasteiger partial charge >= 0.3 is 0 Å². The van der Waals surface area contributed by atoms with Crippen LogP contribution in [0.2, 0.25) is 4.34 Å². The maximum atomic E-state index is 13.0. The number of rotatable bonds is 4. The van der Waals surface area contributed by atoms with Crippen LogP contribution in [0.1, 0.15) is 16.6 Å². The van der Waals surface area contributed by atoms with Gasteiger partial charge in [-0.2, -0.15) is 0 Å². The third kappa shape index (κ3) is 3.09. The molecular formula is C13H10ClFO2S. The SMILES string of the molecule is CC(Oc1cccc(F)c1)C(=O)c1ccc(Cl)s1. The van der Waals surface area contributed by atoms with E-state index in [9.17, 15) is 9.18 Å². The Bertz CT molecular complexity index is 568. The van der Waals surface area contributed by atoms with Crippen LogP contribution in [0.4, 0.5) is 4.39 Å². The van der Waals surface area contributed by atoms with Crippen molar-refractivity contribution in [3.8, 4) is 5.75 Å². The Balaban J connectivity index is 2.08. The predicted molar refractivity (Wildman–Crippen MR) is 70.1 cm³/mol. The molecule has 1 aromatic carbocycles. The molecule has 0 aliphatic carbocycles. The molecule has 2 nitrogen and oxygen atoms in total. The van der Waals surface area contributed by atoms with Crippen LogP contribution in [0, 0.1) is 5.82 Å². The molecule has 1 heterocycles. The fourth-order valence-corrected chi connectivity index (χ4v) is 2.51. The first-order chi connectivity index (χ1) is 8.56. The Morgan fingerprint density at radius 2 is 2.17 bits per heavy atom. The average molecular weight is 285 g/mol. The third-order valence-corrected chi connectivity index (χ3v) is 3.54. The molecule has 5 heteroatoms. The minimum atomic E-state index is -0.679. The highest BCUT2D eigenvalue weighted by Gasteiger charge is 2.18. The zero-order valence-electron chi connectivity index (χ0n) is 9.52. The summed E-state index contributed by atoms with van der Waals surface area (Å²) in [5.74, 6) is -0.235. The van der Waals surface area contributed by atoms with Gasteiger partial charge in [-0.05, 0) is 31.2 Å². The standard InChI is InChI=1S/C13H10ClFO2S/c1-8(13(16)11-5-6-12(14)18-11)17-10-4-2-3-9(15)7-10/h2-8H,1H3. The number of carbonyl (C=O) groups is 1. The van der Waals surface area contributed by atoms with Gasteiger partial charge in [-0.25, -0.2) is 4.39 Å². The first-order valence-electron chi connectivity index (χ1n) is 5.28. The number of Topliss-reactive ketones (excluding diaryl/α,β-unsaturated/α-hetero) is 1. The van der Waals surface area contributed by atoms with E-state index < -0.39 is 11.9 Å². The van der Waals surface area contributed by atoms with Gasteiger partial charge in [0.1, 0.15) is 11.6 Å². The van der Waals surface area contributed by atoms with Crippen LogP contribution in [0.15, 0.2) is 36.4 Å². The van der Waals surface area contributed by atoms with E-state index in [1.54, 1.807) is 25.1 Å². The van der Waals surface area contributed by atoms with E-state index in [0.29, 0.717) is 15.0 Å². The van der Waals surface area contributed by atoms with E-state index in [-0.39, 0.29) is 5.78 Å². The first-order valence-corrected chi connectivity index (χ1v) is 6.47. The van der Waals surface area contributed by atoms with E-state index in [0.717, 1.165) is 0 Å². The van der Waals surface area contributed by atoms with E-state index in [2.05, 4.69) is 0 Å². The zero-order chi connectivity index (χ0) is 13.1. The van der Waals surface area contributed by atoms with Crippen molar-refractivity contribution in [2.24, 2.45) is 0 Å². The van der Waals surface area contributed by atoms with Crippen LogP contribution >= 0.6 is 22.9 Å². The summed E-state index contributed by atoms with van der Waals surface area (Å²) >= 11 is 6.97. The van der Waals surface area contributed by atoms with Gasteiger partial charge in [-0.1, -0.05) is 17.7 Å². The second-order valence-electron chi connectivity index (χ2n) is 3.69. The minimum Gasteiger partial charge on any atom is -0.482 e. The molecule has 1 unspecified atom stereocenters. The first kappa shape index (κ1) is 13.1. The summed E-state index contributed by atoms with van der Waals surface area (Å²) in [6.07, 6.45) is -0.679. The second kappa shape index (κ2) is 5.50. The van der Waals surface area contributed by atoms with E-state index in [4.69, 9.17) is 16.3 Å². The van der Waals surface area contributed by atoms with Gasteiger partial charge < -0.3 is 4.74 Å². The number of thiophene rings is 1. The van der Waals surface area contributed by atoms with Crippen molar-refractivity contribution in [3.63, 3.8) is 0 Å².